The summed E-state index contributed by atoms with van der Waals surface area (Å²) in [5, 5.41) is 3.05. The number of rotatable bonds is 6. The van der Waals surface area contributed by atoms with Crippen LogP contribution in [-0.2, 0) is 22.4 Å². The van der Waals surface area contributed by atoms with E-state index in [0.29, 0.717) is 26.3 Å². The van der Waals surface area contributed by atoms with Crippen molar-refractivity contribution in [1.29, 1.82) is 0 Å². The molecule has 0 aromatic heterocycles. The van der Waals surface area contributed by atoms with Gasteiger partial charge in [0.25, 0.3) is 0 Å². The van der Waals surface area contributed by atoms with Crippen LogP contribution in [0.5, 0.6) is 0 Å². The van der Waals surface area contributed by atoms with Gasteiger partial charge in [0.15, 0.2) is 0 Å². The summed E-state index contributed by atoms with van der Waals surface area (Å²) in [5.74, 6) is 0.0819. The van der Waals surface area contributed by atoms with E-state index < -0.39 is 5.41 Å². The zero-order valence-corrected chi connectivity index (χ0v) is 12.9. The highest BCUT2D eigenvalue weighted by Crippen LogP contribution is 2.29. The maximum absolute atomic E-state index is 12.4. The molecule has 1 amide bonds. The molecule has 0 atom stereocenters. The Bertz CT molecular complexity index is 450. The van der Waals surface area contributed by atoms with Crippen LogP contribution in [0.4, 0.5) is 0 Å². The fraction of sp³-hybridized carbons (Fsp3) is 0.588. The third kappa shape index (κ3) is 4.05. The monoisotopic (exact) mass is 290 g/mol. The van der Waals surface area contributed by atoms with E-state index in [1.807, 2.05) is 0 Å². The molecule has 21 heavy (non-hydrogen) atoms. The van der Waals surface area contributed by atoms with E-state index in [1.165, 1.54) is 11.1 Å². The van der Waals surface area contributed by atoms with Crippen LogP contribution in [0.3, 0.4) is 0 Å². The molecule has 0 unspecified atom stereocenters. The molecule has 1 aromatic carbocycles. The Hall–Kier alpha value is -1.39. The van der Waals surface area contributed by atoms with Gasteiger partial charge in [0.05, 0.1) is 5.41 Å². The average Bonchev–Trinajstić information content (AvgIpc) is 2.56. The van der Waals surface area contributed by atoms with Gasteiger partial charge in [-0.05, 0) is 36.8 Å². The van der Waals surface area contributed by atoms with E-state index >= 15 is 0 Å². The molecule has 1 aromatic rings. The van der Waals surface area contributed by atoms with Crippen molar-refractivity contribution < 1.29 is 9.53 Å². The van der Waals surface area contributed by atoms with Crippen LogP contribution in [0.2, 0.25) is 0 Å². The van der Waals surface area contributed by atoms with Crippen LogP contribution in [0.15, 0.2) is 24.3 Å². The number of ether oxygens (including phenoxy) is 1. The molecule has 0 saturated carbocycles. The average molecular weight is 290 g/mol. The Morgan fingerprint density at radius 3 is 2.43 bits per heavy atom. The number of benzene rings is 1. The van der Waals surface area contributed by atoms with E-state index in [9.17, 15) is 4.79 Å². The molecule has 2 rings (SSSR count). The molecule has 0 bridgehead atoms. The molecule has 0 aliphatic carbocycles. The first-order chi connectivity index (χ1) is 10.2. The van der Waals surface area contributed by atoms with E-state index in [1.54, 1.807) is 0 Å². The Kier molecular flexibility index (Phi) is 5.76. The first-order valence-corrected chi connectivity index (χ1v) is 7.84. The minimum atomic E-state index is -0.426. The predicted octanol–water partition coefficient (Wildman–Crippen LogP) is 1.66. The Balaban J connectivity index is 1.82. The molecular weight excluding hydrogens is 264 g/mol. The maximum atomic E-state index is 12.4. The number of nitrogens with two attached hydrogens (primary N) is 1. The van der Waals surface area contributed by atoms with E-state index in [2.05, 4.69) is 36.5 Å². The van der Waals surface area contributed by atoms with Crippen molar-refractivity contribution in [3.63, 3.8) is 0 Å². The van der Waals surface area contributed by atoms with Crippen LogP contribution in [0.25, 0.3) is 0 Å². The van der Waals surface area contributed by atoms with Crippen LogP contribution >= 0.6 is 0 Å². The standard InChI is InChI=1S/C17H26N2O2/c1-2-14-3-5-15(6-4-14)7-10-19-16(20)17(13-18)8-11-21-12-9-17/h3-6H,2,7-13,18H2,1H3,(H,19,20). The number of hydrogen-bond acceptors (Lipinski definition) is 3. The van der Waals surface area contributed by atoms with Gasteiger partial charge in [-0.2, -0.15) is 0 Å². The van der Waals surface area contributed by atoms with Crippen molar-refractivity contribution in [2.75, 3.05) is 26.3 Å². The van der Waals surface area contributed by atoms with E-state index in [4.69, 9.17) is 10.5 Å². The summed E-state index contributed by atoms with van der Waals surface area (Å²) in [5.41, 5.74) is 8.00. The minimum absolute atomic E-state index is 0.0819. The number of aryl methyl sites for hydroxylation is 1. The normalized spacial score (nSPS) is 17.4. The summed E-state index contributed by atoms with van der Waals surface area (Å²) in [6, 6.07) is 8.57. The van der Waals surface area contributed by atoms with Crippen LogP contribution in [0, 0.1) is 5.41 Å². The lowest BCUT2D eigenvalue weighted by Gasteiger charge is -2.34. The summed E-state index contributed by atoms with van der Waals surface area (Å²) in [7, 11) is 0. The highest BCUT2D eigenvalue weighted by molar-refractivity contribution is 5.83. The molecule has 1 aliphatic rings. The molecule has 1 heterocycles. The maximum Gasteiger partial charge on any atom is 0.227 e. The zero-order chi connectivity index (χ0) is 15.1. The summed E-state index contributed by atoms with van der Waals surface area (Å²) in [4.78, 5) is 12.4. The van der Waals surface area contributed by atoms with Crippen molar-refractivity contribution >= 4 is 5.91 Å². The second kappa shape index (κ2) is 7.57. The Labute approximate surface area is 127 Å². The van der Waals surface area contributed by atoms with E-state index in [0.717, 1.165) is 25.7 Å². The second-order valence-electron chi connectivity index (χ2n) is 5.77. The van der Waals surface area contributed by atoms with Crippen molar-refractivity contribution in [2.24, 2.45) is 11.1 Å². The number of nitrogens with one attached hydrogen (secondary N) is 1. The molecule has 0 radical (unpaired) electrons. The lowest BCUT2D eigenvalue weighted by Crippen LogP contribution is -2.49. The van der Waals surface area contributed by atoms with E-state index in [-0.39, 0.29) is 5.91 Å². The smallest absolute Gasteiger partial charge is 0.227 e. The molecule has 1 fully saturated rings. The lowest BCUT2D eigenvalue weighted by atomic mass is 9.79. The van der Waals surface area contributed by atoms with Gasteiger partial charge in [-0.15, -0.1) is 0 Å². The van der Waals surface area contributed by atoms with Gasteiger partial charge in [0.1, 0.15) is 0 Å². The summed E-state index contributed by atoms with van der Waals surface area (Å²) in [6.45, 7) is 4.46. The van der Waals surface area contributed by atoms with Crippen LogP contribution < -0.4 is 11.1 Å². The van der Waals surface area contributed by atoms with Gasteiger partial charge in [-0.3, -0.25) is 4.79 Å². The van der Waals surface area contributed by atoms with Crippen molar-refractivity contribution in [2.45, 2.75) is 32.6 Å². The van der Waals surface area contributed by atoms with Gasteiger partial charge in [-0.1, -0.05) is 31.2 Å². The van der Waals surface area contributed by atoms with Crippen LogP contribution in [0.1, 0.15) is 30.9 Å². The molecule has 1 saturated heterocycles. The topological polar surface area (TPSA) is 64.4 Å². The Morgan fingerprint density at radius 2 is 1.86 bits per heavy atom. The first kappa shape index (κ1) is 16.0. The Morgan fingerprint density at radius 1 is 1.24 bits per heavy atom. The van der Waals surface area contributed by atoms with Gasteiger partial charge >= 0.3 is 0 Å². The van der Waals surface area contributed by atoms with Gasteiger partial charge < -0.3 is 15.8 Å². The molecular formula is C17H26N2O2. The quantitative estimate of drug-likeness (QED) is 0.837. The number of amides is 1. The van der Waals surface area contributed by atoms with Crippen molar-refractivity contribution in [3.05, 3.63) is 35.4 Å². The fourth-order valence-electron chi connectivity index (χ4n) is 2.74. The summed E-state index contributed by atoms with van der Waals surface area (Å²) < 4.78 is 5.34. The number of carbonyl (C=O) groups is 1. The lowest BCUT2D eigenvalue weighted by molar-refractivity contribution is -0.135. The SMILES string of the molecule is CCc1ccc(CCNC(=O)C2(CN)CCOCC2)cc1. The zero-order valence-electron chi connectivity index (χ0n) is 12.9. The highest BCUT2D eigenvalue weighted by Gasteiger charge is 2.38. The van der Waals surface area contributed by atoms with Crippen LogP contribution in [-0.4, -0.2) is 32.2 Å². The third-order valence-corrected chi connectivity index (χ3v) is 4.45. The highest BCUT2D eigenvalue weighted by atomic mass is 16.5. The molecule has 4 heteroatoms. The molecule has 0 spiro atoms. The molecule has 116 valence electrons. The predicted molar refractivity (Wildman–Crippen MR) is 84.1 cm³/mol. The summed E-state index contributed by atoms with van der Waals surface area (Å²) >= 11 is 0. The number of carbonyl (C=O) groups excluding carboxylic acids is 1. The number of hydrogen-bond donors (Lipinski definition) is 2. The van der Waals surface area contributed by atoms with Crippen molar-refractivity contribution in [3.8, 4) is 0 Å². The molecule has 3 N–H and O–H groups in total. The largest absolute Gasteiger partial charge is 0.381 e. The minimum Gasteiger partial charge on any atom is -0.381 e. The van der Waals surface area contributed by atoms with Crippen molar-refractivity contribution in [1.82, 2.24) is 5.32 Å². The first-order valence-electron chi connectivity index (χ1n) is 7.84. The summed E-state index contributed by atoms with van der Waals surface area (Å²) in [6.07, 6.45) is 3.35. The molecule has 4 nitrogen and oxygen atoms in total. The second-order valence-corrected chi connectivity index (χ2v) is 5.77. The van der Waals surface area contributed by atoms with Gasteiger partial charge in [0.2, 0.25) is 5.91 Å². The fourth-order valence-corrected chi connectivity index (χ4v) is 2.74. The third-order valence-electron chi connectivity index (χ3n) is 4.45. The van der Waals surface area contributed by atoms with Gasteiger partial charge in [0, 0.05) is 26.3 Å². The van der Waals surface area contributed by atoms with Gasteiger partial charge in [-0.25, -0.2) is 0 Å². The molecule has 1 aliphatic heterocycles.